The lowest BCUT2D eigenvalue weighted by Crippen LogP contribution is -2.28. The largest absolute Gasteiger partial charge is 0.355 e. The van der Waals surface area contributed by atoms with Crippen molar-refractivity contribution in [1.82, 2.24) is 9.97 Å². The maximum absolute atomic E-state index is 3.73. The monoisotopic (exact) mass is 540 g/mol. The molecule has 0 saturated carbocycles. The molecule has 2 N–H and O–H groups in total. The van der Waals surface area contributed by atoms with Gasteiger partial charge in [-0.1, -0.05) is 110 Å². The van der Waals surface area contributed by atoms with Gasteiger partial charge < -0.3 is 9.97 Å². The van der Waals surface area contributed by atoms with Crippen LogP contribution in [0.15, 0.2) is 134 Å². The Morgan fingerprint density at radius 3 is 1.90 bits per heavy atom. The molecule has 7 aromatic rings. The molecule has 2 unspecified atom stereocenters. The molecule has 2 atom stereocenters. The first-order valence-electron chi connectivity index (χ1n) is 14.8. The molecule has 0 amide bonds. The summed E-state index contributed by atoms with van der Waals surface area (Å²) in [6, 6.07) is 37.9. The maximum atomic E-state index is 3.73. The van der Waals surface area contributed by atoms with E-state index in [1.165, 1.54) is 60.4 Å². The zero-order valence-electron chi connectivity index (χ0n) is 23.9. The Morgan fingerprint density at radius 1 is 0.548 bits per heavy atom. The van der Waals surface area contributed by atoms with Crippen LogP contribution in [0.2, 0.25) is 0 Å². The number of fused-ring (bicyclic) bond motifs is 8. The molecule has 0 aliphatic heterocycles. The van der Waals surface area contributed by atoms with Crippen LogP contribution in [0.5, 0.6) is 0 Å². The van der Waals surface area contributed by atoms with E-state index in [1.807, 2.05) is 0 Å². The Hall–Kier alpha value is -5.08. The molecule has 2 heteroatoms. The fourth-order valence-corrected chi connectivity index (χ4v) is 7.06. The number of hydrogen-bond acceptors (Lipinski definition) is 0. The number of hydrogen-bond donors (Lipinski definition) is 2. The second-order valence-electron chi connectivity index (χ2n) is 11.7. The predicted octanol–water partition coefficient (Wildman–Crippen LogP) is 10.6. The van der Waals surface area contributed by atoms with Crippen molar-refractivity contribution in [2.75, 3.05) is 0 Å². The number of para-hydroxylation sites is 2. The summed E-state index contributed by atoms with van der Waals surface area (Å²) in [5, 5.41) is 5.03. The van der Waals surface area contributed by atoms with Gasteiger partial charge in [0.05, 0.1) is 0 Å². The van der Waals surface area contributed by atoms with Crippen LogP contribution in [-0.2, 0) is 5.41 Å². The molecule has 2 heterocycles. The van der Waals surface area contributed by atoms with Crippen LogP contribution in [0.4, 0.5) is 0 Å². The highest BCUT2D eigenvalue weighted by Crippen LogP contribution is 2.47. The molecule has 8 rings (SSSR count). The van der Waals surface area contributed by atoms with Crippen LogP contribution in [0.25, 0.3) is 49.7 Å². The molecule has 0 spiro atoms. The molecule has 2 aromatic heterocycles. The standard InChI is InChI=1S/C40H32N2/c1-26-14-6-3-4-7-15-27-22-32-29-18-10-12-20-36(29)42-39(32)25-34(27)40(2,28-16-8-5-9-17-28)35-23-33-30-19-11-13-21-37(30)41-38(33)24-31(26)35/h3-26,41-42H,1-2H3/b4-3-,14-6+,15-7-. The highest BCUT2D eigenvalue weighted by atomic mass is 14.7. The smallest absolute Gasteiger partial charge is 0.0468 e. The van der Waals surface area contributed by atoms with E-state index in [0.717, 1.165) is 11.0 Å². The van der Waals surface area contributed by atoms with E-state index in [9.17, 15) is 0 Å². The van der Waals surface area contributed by atoms with Gasteiger partial charge in [0, 0.05) is 49.0 Å². The highest BCUT2D eigenvalue weighted by Gasteiger charge is 2.36. The summed E-state index contributed by atoms with van der Waals surface area (Å²) in [4.78, 5) is 7.44. The Labute approximate surface area is 245 Å². The number of rotatable bonds is 1. The summed E-state index contributed by atoms with van der Waals surface area (Å²) >= 11 is 0. The van der Waals surface area contributed by atoms with Gasteiger partial charge >= 0.3 is 0 Å². The van der Waals surface area contributed by atoms with Gasteiger partial charge in [-0.25, -0.2) is 0 Å². The van der Waals surface area contributed by atoms with E-state index < -0.39 is 5.41 Å². The Kier molecular flexibility index (Phi) is 5.58. The number of allylic oxidation sites excluding steroid dienone is 5. The summed E-state index contributed by atoms with van der Waals surface area (Å²) in [5.41, 5.74) is 10.7. The van der Waals surface area contributed by atoms with Crippen molar-refractivity contribution >= 4 is 49.7 Å². The SMILES string of the molecule is CC1/C=C/C=C\C=C/c2cc3c(cc2C(C)(c2ccccc2)c2cc4c(cc21)[nH]c1ccccc14)[nH]c1ccccc13. The Bertz CT molecular complexity index is 2220. The number of H-pyrrole nitrogens is 2. The second-order valence-corrected chi connectivity index (χ2v) is 11.7. The summed E-state index contributed by atoms with van der Waals surface area (Å²) in [6.45, 7) is 4.73. The molecule has 0 radical (unpaired) electrons. The summed E-state index contributed by atoms with van der Waals surface area (Å²) in [7, 11) is 0. The minimum atomic E-state index is -0.431. The quantitative estimate of drug-likeness (QED) is 0.208. The lowest BCUT2D eigenvalue weighted by molar-refractivity contribution is 0.677. The highest BCUT2D eigenvalue weighted by molar-refractivity contribution is 6.09. The normalized spacial score (nSPS) is 21.0. The van der Waals surface area contributed by atoms with Crippen LogP contribution in [0, 0.1) is 0 Å². The average Bonchev–Trinajstić information content (AvgIpc) is 3.58. The zero-order chi connectivity index (χ0) is 28.3. The number of aromatic nitrogens is 2. The first-order valence-corrected chi connectivity index (χ1v) is 14.8. The van der Waals surface area contributed by atoms with E-state index in [4.69, 9.17) is 0 Å². The molecular weight excluding hydrogens is 508 g/mol. The molecule has 0 fully saturated rings. The van der Waals surface area contributed by atoms with Gasteiger partial charge in [0.2, 0.25) is 0 Å². The molecule has 0 bridgehead atoms. The number of aromatic amines is 2. The minimum absolute atomic E-state index is 0.215. The van der Waals surface area contributed by atoms with Crippen molar-refractivity contribution < 1.29 is 0 Å². The molecule has 1 aliphatic rings. The lowest BCUT2D eigenvalue weighted by Gasteiger charge is -2.36. The van der Waals surface area contributed by atoms with Crippen LogP contribution in [0.3, 0.4) is 0 Å². The van der Waals surface area contributed by atoms with E-state index in [-0.39, 0.29) is 5.92 Å². The molecule has 202 valence electrons. The van der Waals surface area contributed by atoms with Gasteiger partial charge in [-0.05, 0) is 77.1 Å². The van der Waals surface area contributed by atoms with Gasteiger partial charge in [-0.15, -0.1) is 0 Å². The molecule has 5 aromatic carbocycles. The summed E-state index contributed by atoms with van der Waals surface area (Å²) in [5.74, 6) is 0.215. The van der Waals surface area contributed by atoms with Crippen LogP contribution >= 0.6 is 0 Å². The average molecular weight is 541 g/mol. The number of benzene rings is 5. The lowest BCUT2D eigenvalue weighted by atomic mass is 9.66. The van der Waals surface area contributed by atoms with Gasteiger partial charge in [0.1, 0.15) is 0 Å². The van der Waals surface area contributed by atoms with Crippen molar-refractivity contribution in [2.45, 2.75) is 25.2 Å². The van der Waals surface area contributed by atoms with E-state index in [0.29, 0.717) is 0 Å². The molecule has 1 aliphatic carbocycles. The summed E-state index contributed by atoms with van der Waals surface area (Å²) in [6.07, 6.45) is 13.2. The predicted molar refractivity (Wildman–Crippen MR) is 179 cm³/mol. The topological polar surface area (TPSA) is 31.6 Å². The fraction of sp³-hybridized carbons (Fsp3) is 0.100. The third kappa shape index (κ3) is 3.72. The van der Waals surface area contributed by atoms with E-state index in [1.54, 1.807) is 0 Å². The molecule has 42 heavy (non-hydrogen) atoms. The van der Waals surface area contributed by atoms with E-state index in [2.05, 4.69) is 163 Å². The summed E-state index contributed by atoms with van der Waals surface area (Å²) < 4.78 is 0. The molecular formula is C40H32N2. The minimum Gasteiger partial charge on any atom is -0.355 e. The zero-order valence-corrected chi connectivity index (χ0v) is 23.9. The first-order chi connectivity index (χ1) is 20.6. The van der Waals surface area contributed by atoms with Crippen molar-refractivity contribution in [3.8, 4) is 0 Å². The van der Waals surface area contributed by atoms with Gasteiger partial charge in [-0.2, -0.15) is 0 Å². The molecule has 2 nitrogen and oxygen atoms in total. The van der Waals surface area contributed by atoms with Crippen LogP contribution in [0.1, 0.15) is 47.6 Å². The molecule has 0 saturated heterocycles. The fourth-order valence-electron chi connectivity index (χ4n) is 7.06. The van der Waals surface area contributed by atoms with Gasteiger partial charge in [-0.3, -0.25) is 0 Å². The first kappa shape index (κ1) is 24.7. The van der Waals surface area contributed by atoms with Gasteiger partial charge in [0.25, 0.3) is 0 Å². The van der Waals surface area contributed by atoms with Crippen LogP contribution < -0.4 is 0 Å². The third-order valence-electron chi connectivity index (χ3n) is 9.28. The van der Waals surface area contributed by atoms with Crippen molar-refractivity contribution in [3.05, 3.63) is 161 Å². The van der Waals surface area contributed by atoms with Crippen molar-refractivity contribution in [1.29, 1.82) is 0 Å². The van der Waals surface area contributed by atoms with E-state index >= 15 is 0 Å². The number of nitrogens with one attached hydrogen (secondary N) is 2. The third-order valence-corrected chi connectivity index (χ3v) is 9.28. The maximum Gasteiger partial charge on any atom is 0.0468 e. The van der Waals surface area contributed by atoms with Gasteiger partial charge in [0.15, 0.2) is 0 Å². The Balaban J connectivity index is 1.54. The van der Waals surface area contributed by atoms with Crippen molar-refractivity contribution in [3.63, 3.8) is 0 Å². The second kappa shape index (κ2) is 9.49. The Morgan fingerprint density at radius 2 is 1.17 bits per heavy atom. The van der Waals surface area contributed by atoms with Crippen molar-refractivity contribution in [2.24, 2.45) is 0 Å². The van der Waals surface area contributed by atoms with Crippen LogP contribution in [-0.4, -0.2) is 9.97 Å².